The summed E-state index contributed by atoms with van der Waals surface area (Å²) in [5, 5.41) is 9.58. The van der Waals surface area contributed by atoms with Gasteiger partial charge < -0.3 is 9.84 Å². The molecule has 0 aliphatic rings. The third-order valence-electron chi connectivity index (χ3n) is 2.87. The highest BCUT2D eigenvalue weighted by Gasteiger charge is 2.12. The van der Waals surface area contributed by atoms with Crippen LogP contribution in [0.25, 0.3) is 0 Å². The molecule has 6 heteroatoms. The molecule has 0 saturated carbocycles. The Kier molecular flexibility index (Phi) is 4.92. The van der Waals surface area contributed by atoms with Gasteiger partial charge in [0.1, 0.15) is 5.82 Å². The van der Waals surface area contributed by atoms with E-state index >= 15 is 0 Å². The van der Waals surface area contributed by atoms with Gasteiger partial charge in [0.25, 0.3) is 5.91 Å². The molecule has 2 N–H and O–H groups in total. The van der Waals surface area contributed by atoms with Crippen LogP contribution >= 0.6 is 0 Å². The average Bonchev–Trinajstić information content (AvgIpc) is 2.84. The summed E-state index contributed by atoms with van der Waals surface area (Å²) < 4.78 is 5.00. The van der Waals surface area contributed by atoms with E-state index in [1.165, 1.54) is 0 Å². The van der Waals surface area contributed by atoms with Crippen molar-refractivity contribution in [3.63, 3.8) is 0 Å². The second kappa shape index (κ2) is 6.88. The monoisotopic (exact) mass is 288 g/mol. The van der Waals surface area contributed by atoms with Crippen molar-refractivity contribution in [3.05, 3.63) is 35.2 Å². The second-order valence-electron chi connectivity index (χ2n) is 4.80. The molecule has 2 heterocycles. The number of carbonyl (C=O) groups is 1. The molecule has 2 aromatic rings. The van der Waals surface area contributed by atoms with Gasteiger partial charge in [-0.1, -0.05) is 18.5 Å². The molecule has 0 unspecified atom stereocenters. The molecular formula is C15H20N4O2. The summed E-state index contributed by atoms with van der Waals surface area (Å²) in [5.74, 6) is 0.823. The molecule has 0 radical (unpaired) electrons. The minimum atomic E-state index is -0.231. The van der Waals surface area contributed by atoms with Gasteiger partial charge in [0.05, 0.1) is 5.69 Å². The SMILES string of the molecule is CCCc1cc(C(=O)Nc2cc(C)no2)cc(NCC)n1. The number of aromatic nitrogens is 2. The molecule has 0 aromatic carbocycles. The first-order valence-electron chi connectivity index (χ1n) is 7.12. The van der Waals surface area contributed by atoms with Crippen LogP contribution in [0.1, 0.15) is 42.0 Å². The van der Waals surface area contributed by atoms with Gasteiger partial charge in [-0.05, 0) is 32.4 Å². The Hall–Kier alpha value is -2.37. The van der Waals surface area contributed by atoms with Gasteiger partial charge in [-0.15, -0.1) is 0 Å². The molecule has 0 bridgehead atoms. The smallest absolute Gasteiger partial charge is 0.258 e. The Balaban J connectivity index is 2.21. The van der Waals surface area contributed by atoms with Crippen molar-refractivity contribution in [1.82, 2.24) is 10.1 Å². The van der Waals surface area contributed by atoms with E-state index in [0.29, 0.717) is 17.3 Å². The van der Waals surface area contributed by atoms with Crippen molar-refractivity contribution in [1.29, 1.82) is 0 Å². The normalized spacial score (nSPS) is 10.4. The minimum absolute atomic E-state index is 0.231. The Bertz CT molecular complexity index is 598. The van der Waals surface area contributed by atoms with E-state index in [0.717, 1.165) is 30.8 Å². The number of hydrogen-bond donors (Lipinski definition) is 2. The Morgan fingerprint density at radius 2 is 2.10 bits per heavy atom. The van der Waals surface area contributed by atoms with Crippen LogP contribution < -0.4 is 10.6 Å². The first kappa shape index (κ1) is 15.0. The maximum Gasteiger partial charge on any atom is 0.258 e. The Labute approximate surface area is 123 Å². The summed E-state index contributed by atoms with van der Waals surface area (Å²) in [4.78, 5) is 16.8. The van der Waals surface area contributed by atoms with Gasteiger partial charge in [0, 0.05) is 23.9 Å². The maximum absolute atomic E-state index is 12.3. The third-order valence-corrected chi connectivity index (χ3v) is 2.87. The summed E-state index contributed by atoms with van der Waals surface area (Å²) in [5.41, 5.74) is 2.17. The van der Waals surface area contributed by atoms with Crippen molar-refractivity contribution in [3.8, 4) is 0 Å². The summed E-state index contributed by atoms with van der Waals surface area (Å²) in [7, 11) is 0. The predicted molar refractivity (Wildman–Crippen MR) is 81.6 cm³/mol. The van der Waals surface area contributed by atoms with E-state index in [1.54, 1.807) is 19.1 Å². The summed E-state index contributed by atoms with van der Waals surface area (Å²) in [6.07, 6.45) is 1.81. The van der Waals surface area contributed by atoms with Gasteiger partial charge in [0.15, 0.2) is 0 Å². The molecule has 0 aliphatic carbocycles. The lowest BCUT2D eigenvalue weighted by Gasteiger charge is -2.09. The number of aryl methyl sites for hydroxylation is 2. The average molecular weight is 288 g/mol. The largest absolute Gasteiger partial charge is 0.370 e. The molecule has 1 amide bonds. The lowest BCUT2D eigenvalue weighted by atomic mass is 10.1. The highest BCUT2D eigenvalue weighted by atomic mass is 16.5. The minimum Gasteiger partial charge on any atom is -0.370 e. The quantitative estimate of drug-likeness (QED) is 0.854. The number of nitrogens with one attached hydrogen (secondary N) is 2. The van der Waals surface area contributed by atoms with Crippen molar-refractivity contribution >= 4 is 17.6 Å². The number of anilines is 2. The van der Waals surface area contributed by atoms with Gasteiger partial charge in [-0.25, -0.2) is 4.98 Å². The van der Waals surface area contributed by atoms with Crippen LogP contribution in [0.5, 0.6) is 0 Å². The van der Waals surface area contributed by atoms with Crippen molar-refractivity contribution in [2.24, 2.45) is 0 Å². The van der Waals surface area contributed by atoms with Crippen LogP contribution in [0.15, 0.2) is 22.7 Å². The molecule has 0 saturated heterocycles. The molecule has 0 atom stereocenters. The fraction of sp³-hybridized carbons (Fsp3) is 0.400. The zero-order chi connectivity index (χ0) is 15.2. The number of rotatable bonds is 6. The van der Waals surface area contributed by atoms with Crippen molar-refractivity contribution < 1.29 is 9.32 Å². The summed E-state index contributed by atoms with van der Waals surface area (Å²) >= 11 is 0. The topological polar surface area (TPSA) is 80.0 Å². The van der Waals surface area contributed by atoms with Gasteiger partial charge in [0.2, 0.25) is 5.88 Å². The van der Waals surface area contributed by atoms with Crippen molar-refractivity contribution in [2.75, 3.05) is 17.2 Å². The van der Waals surface area contributed by atoms with Crippen LogP contribution in [0.3, 0.4) is 0 Å². The summed E-state index contributed by atoms with van der Waals surface area (Å²) in [6.45, 7) is 6.63. The first-order valence-corrected chi connectivity index (χ1v) is 7.12. The lowest BCUT2D eigenvalue weighted by Crippen LogP contribution is -2.13. The fourth-order valence-electron chi connectivity index (χ4n) is 1.98. The van der Waals surface area contributed by atoms with E-state index in [2.05, 4.69) is 27.7 Å². The highest BCUT2D eigenvalue weighted by molar-refractivity contribution is 6.04. The van der Waals surface area contributed by atoms with Crippen LogP contribution in [-0.4, -0.2) is 22.6 Å². The Morgan fingerprint density at radius 1 is 1.29 bits per heavy atom. The fourth-order valence-corrected chi connectivity index (χ4v) is 1.98. The predicted octanol–water partition coefficient (Wildman–Crippen LogP) is 3.01. The zero-order valence-corrected chi connectivity index (χ0v) is 12.6. The van der Waals surface area contributed by atoms with E-state index in [4.69, 9.17) is 4.52 Å². The molecule has 2 aromatic heterocycles. The molecular weight excluding hydrogens is 268 g/mol. The van der Waals surface area contributed by atoms with Gasteiger partial charge in [-0.2, -0.15) is 0 Å². The van der Waals surface area contributed by atoms with E-state index in [9.17, 15) is 4.79 Å². The molecule has 0 spiro atoms. The highest BCUT2D eigenvalue weighted by Crippen LogP contribution is 2.15. The number of amides is 1. The standard InChI is InChI=1S/C15H20N4O2/c1-4-6-12-8-11(9-13(17-12)16-5-2)15(20)18-14-7-10(3)19-21-14/h7-9H,4-6H2,1-3H3,(H,16,17)(H,18,20). The molecule has 21 heavy (non-hydrogen) atoms. The molecule has 6 nitrogen and oxygen atoms in total. The van der Waals surface area contributed by atoms with Gasteiger partial charge >= 0.3 is 0 Å². The second-order valence-corrected chi connectivity index (χ2v) is 4.80. The van der Waals surface area contributed by atoms with E-state index < -0.39 is 0 Å². The van der Waals surface area contributed by atoms with Crippen LogP contribution in [0.2, 0.25) is 0 Å². The third kappa shape index (κ3) is 4.05. The number of nitrogens with zero attached hydrogens (tertiary/aromatic N) is 2. The maximum atomic E-state index is 12.3. The number of pyridine rings is 1. The Morgan fingerprint density at radius 3 is 2.71 bits per heavy atom. The summed E-state index contributed by atoms with van der Waals surface area (Å²) in [6, 6.07) is 5.22. The number of carbonyl (C=O) groups excluding carboxylic acids is 1. The van der Waals surface area contributed by atoms with E-state index in [-0.39, 0.29) is 5.91 Å². The van der Waals surface area contributed by atoms with E-state index in [1.807, 2.05) is 13.0 Å². The van der Waals surface area contributed by atoms with Crippen LogP contribution in [0.4, 0.5) is 11.7 Å². The van der Waals surface area contributed by atoms with Crippen molar-refractivity contribution in [2.45, 2.75) is 33.6 Å². The number of hydrogen-bond acceptors (Lipinski definition) is 5. The zero-order valence-electron chi connectivity index (χ0n) is 12.6. The molecule has 0 aliphatic heterocycles. The van der Waals surface area contributed by atoms with Gasteiger partial charge in [-0.3, -0.25) is 10.1 Å². The lowest BCUT2D eigenvalue weighted by molar-refractivity contribution is 0.102. The van der Waals surface area contributed by atoms with Crippen LogP contribution in [0, 0.1) is 6.92 Å². The molecule has 2 rings (SSSR count). The molecule has 0 fully saturated rings. The molecule has 112 valence electrons. The van der Waals surface area contributed by atoms with Crippen LogP contribution in [-0.2, 0) is 6.42 Å². The first-order chi connectivity index (χ1) is 10.1.